The monoisotopic (exact) mass is 302 g/mol. The number of aromatic amines is 1. The first-order valence-electron chi connectivity index (χ1n) is 4.46. The van der Waals surface area contributed by atoms with E-state index in [9.17, 15) is 0 Å². The Hall–Kier alpha value is -1.21. The van der Waals surface area contributed by atoms with Gasteiger partial charge in [-0.25, -0.2) is 15.0 Å². The Bertz CT molecular complexity index is 473. The van der Waals surface area contributed by atoms with Gasteiger partial charge >= 0.3 is 0 Å². The Morgan fingerprint density at radius 2 is 2.19 bits per heavy atom. The molecule has 2 rings (SSSR count). The summed E-state index contributed by atoms with van der Waals surface area (Å²) < 4.78 is 0.628. The fourth-order valence-electron chi connectivity index (χ4n) is 1.15. The first kappa shape index (κ1) is 11.3. The molecule has 0 aliphatic heterocycles. The fourth-order valence-corrected chi connectivity index (χ4v) is 1.60. The zero-order chi connectivity index (χ0) is 11.5. The molecule has 0 aliphatic carbocycles. The molecule has 0 fully saturated rings. The molecule has 1 atom stereocenters. The Balaban J connectivity index is 2.18. The minimum absolute atomic E-state index is 0.0511. The van der Waals surface area contributed by atoms with Crippen LogP contribution in [0.3, 0.4) is 0 Å². The van der Waals surface area contributed by atoms with E-state index in [4.69, 9.17) is 11.6 Å². The highest BCUT2D eigenvalue weighted by atomic mass is 79.9. The standard InChI is InChI=1S/C8H8BrClN6/c1-4(7-13-3-14-16-7)15-8-5(9)6(10)11-2-12-8/h2-4H,1H3,(H,11,12,15)(H,13,14,16). The first-order valence-corrected chi connectivity index (χ1v) is 5.63. The van der Waals surface area contributed by atoms with Crippen LogP contribution < -0.4 is 5.32 Å². The molecular weight excluding hydrogens is 295 g/mol. The van der Waals surface area contributed by atoms with Crippen LogP contribution in [0.4, 0.5) is 5.82 Å². The lowest BCUT2D eigenvalue weighted by Gasteiger charge is -2.12. The summed E-state index contributed by atoms with van der Waals surface area (Å²) in [6, 6.07) is -0.0511. The summed E-state index contributed by atoms with van der Waals surface area (Å²) in [4.78, 5) is 12.0. The average Bonchev–Trinajstić information content (AvgIpc) is 2.78. The van der Waals surface area contributed by atoms with Gasteiger partial charge in [0.1, 0.15) is 29.5 Å². The van der Waals surface area contributed by atoms with Gasteiger partial charge in [-0.1, -0.05) is 11.6 Å². The molecule has 0 radical (unpaired) electrons. The largest absolute Gasteiger partial charge is 0.359 e. The second-order valence-electron chi connectivity index (χ2n) is 3.06. The third-order valence-corrected chi connectivity index (χ3v) is 3.21. The van der Waals surface area contributed by atoms with Crippen LogP contribution in [0, 0.1) is 0 Å². The van der Waals surface area contributed by atoms with Gasteiger partial charge < -0.3 is 5.32 Å². The van der Waals surface area contributed by atoms with Crippen molar-refractivity contribution in [3.8, 4) is 0 Å². The predicted molar refractivity (Wildman–Crippen MR) is 63.2 cm³/mol. The summed E-state index contributed by atoms with van der Waals surface area (Å²) in [5.41, 5.74) is 0. The van der Waals surface area contributed by atoms with E-state index >= 15 is 0 Å². The number of aromatic nitrogens is 5. The van der Waals surface area contributed by atoms with Crippen molar-refractivity contribution in [1.82, 2.24) is 25.1 Å². The molecule has 0 bridgehead atoms. The molecule has 1 unspecified atom stereocenters. The van der Waals surface area contributed by atoms with Crippen molar-refractivity contribution in [2.75, 3.05) is 5.32 Å². The number of nitrogens with zero attached hydrogens (tertiary/aromatic N) is 4. The maximum absolute atomic E-state index is 5.85. The second-order valence-corrected chi connectivity index (χ2v) is 4.21. The lowest BCUT2D eigenvalue weighted by Crippen LogP contribution is -2.10. The van der Waals surface area contributed by atoms with Gasteiger partial charge in [0, 0.05) is 0 Å². The SMILES string of the molecule is CC(Nc1ncnc(Cl)c1Br)c1ncn[nH]1. The van der Waals surface area contributed by atoms with Gasteiger partial charge in [-0.15, -0.1) is 0 Å². The summed E-state index contributed by atoms with van der Waals surface area (Å²) in [7, 11) is 0. The molecule has 2 N–H and O–H groups in total. The van der Waals surface area contributed by atoms with Gasteiger partial charge in [-0.05, 0) is 22.9 Å². The Kier molecular flexibility index (Phi) is 3.35. The molecule has 16 heavy (non-hydrogen) atoms. The normalized spacial score (nSPS) is 12.4. The van der Waals surface area contributed by atoms with E-state index in [2.05, 4.69) is 46.4 Å². The van der Waals surface area contributed by atoms with Crippen LogP contribution >= 0.6 is 27.5 Å². The van der Waals surface area contributed by atoms with Gasteiger partial charge in [-0.2, -0.15) is 5.10 Å². The van der Waals surface area contributed by atoms with Gasteiger partial charge in [0.05, 0.1) is 10.5 Å². The van der Waals surface area contributed by atoms with Gasteiger partial charge in [0.2, 0.25) is 0 Å². The topological polar surface area (TPSA) is 79.4 Å². The molecule has 0 saturated heterocycles. The van der Waals surface area contributed by atoms with Crippen molar-refractivity contribution < 1.29 is 0 Å². The van der Waals surface area contributed by atoms with Gasteiger partial charge in [0.25, 0.3) is 0 Å². The molecule has 6 nitrogen and oxygen atoms in total. The first-order chi connectivity index (χ1) is 7.68. The number of H-pyrrole nitrogens is 1. The lowest BCUT2D eigenvalue weighted by atomic mass is 10.3. The summed E-state index contributed by atoms with van der Waals surface area (Å²) >= 11 is 9.15. The zero-order valence-electron chi connectivity index (χ0n) is 8.28. The Labute approximate surface area is 105 Å². The van der Waals surface area contributed by atoms with Crippen molar-refractivity contribution in [3.63, 3.8) is 0 Å². The number of rotatable bonds is 3. The summed E-state index contributed by atoms with van der Waals surface area (Å²) in [6.45, 7) is 1.93. The Morgan fingerprint density at radius 3 is 2.88 bits per heavy atom. The second kappa shape index (κ2) is 4.75. The van der Waals surface area contributed by atoms with Crippen LogP contribution in [0.15, 0.2) is 17.1 Å². The zero-order valence-corrected chi connectivity index (χ0v) is 10.6. The van der Waals surface area contributed by atoms with E-state index in [-0.39, 0.29) is 6.04 Å². The van der Waals surface area contributed by atoms with Crippen molar-refractivity contribution in [2.24, 2.45) is 0 Å². The summed E-state index contributed by atoms with van der Waals surface area (Å²) in [5, 5.41) is 10.1. The minimum atomic E-state index is -0.0511. The molecule has 0 saturated carbocycles. The van der Waals surface area contributed by atoms with E-state index in [0.29, 0.717) is 15.4 Å². The van der Waals surface area contributed by atoms with Gasteiger partial charge in [-0.3, -0.25) is 5.10 Å². The van der Waals surface area contributed by atoms with E-state index in [1.54, 1.807) is 0 Å². The smallest absolute Gasteiger partial charge is 0.148 e. The molecular formula is C8H8BrClN6. The summed E-state index contributed by atoms with van der Waals surface area (Å²) in [6.07, 6.45) is 2.85. The van der Waals surface area contributed by atoms with Crippen LogP contribution in [0.25, 0.3) is 0 Å². The molecule has 2 aromatic heterocycles. The Morgan fingerprint density at radius 1 is 1.38 bits per heavy atom. The van der Waals surface area contributed by atoms with E-state index < -0.39 is 0 Å². The van der Waals surface area contributed by atoms with Crippen molar-refractivity contribution in [2.45, 2.75) is 13.0 Å². The van der Waals surface area contributed by atoms with E-state index in [1.165, 1.54) is 12.7 Å². The number of hydrogen-bond acceptors (Lipinski definition) is 5. The molecule has 84 valence electrons. The third-order valence-electron chi connectivity index (χ3n) is 1.94. The van der Waals surface area contributed by atoms with Crippen LogP contribution in [-0.2, 0) is 0 Å². The van der Waals surface area contributed by atoms with Crippen molar-refractivity contribution in [1.29, 1.82) is 0 Å². The molecule has 0 spiro atoms. The fraction of sp³-hybridized carbons (Fsp3) is 0.250. The highest BCUT2D eigenvalue weighted by Crippen LogP contribution is 2.28. The van der Waals surface area contributed by atoms with E-state index in [0.717, 1.165) is 5.82 Å². The van der Waals surface area contributed by atoms with Gasteiger partial charge in [0.15, 0.2) is 0 Å². The summed E-state index contributed by atoms with van der Waals surface area (Å²) in [5.74, 6) is 1.34. The molecule has 2 aromatic rings. The molecule has 0 aliphatic rings. The van der Waals surface area contributed by atoms with Crippen molar-refractivity contribution >= 4 is 33.3 Å². The lowest BCUT2D eigenvalue weighted by molar-refractivity contribution is 0.788. The number of nitrogens with one attached hydrogen (secondary N) is 2. The number of halogens is 2. The highest BCUT2D eigenvalue weighted by molar-refractivity contribution is 9.10. The maximum Gasteiger partial charge on any atom is 0.148 e. The number of anilines is 1. The van der Waals surface area contributed by atoms with Crippen LogP contribution in [0.5, 0.6) is 0 Å². The molecule has 0 aromatic carbocycles. The van der Waals surface area contributed by atoms with E-state index in [1.807, 2.05) is 6.92 Å². The average molecular weight is 304 g/mol. The predicted octanol–water partition coefficient (Wildman–Crippen LogP) is 2.18. The number of hydrogen-bond donors (Lipinski definition) is 2. The quantitative estimate of drug-likeness (QED) is 0.850. The highest BCUT2D eigenvalue weighted by Gasteiger charge is 2.12. The molecule has 8 heteroatoms. The molecule has 0 amide bonds. The maximum atomic E-state index is 5.85. The van der Waals surface area contributed by atoms with Crippen LogP contribution in [0.2, 0.25) is 5.15 Å². The third kappa shape index (κ3) is 2.30. The van der Waals surface area contributed by atoms with Crippen LogP contribution in [-0.4, -0.2) is 25.1 Å². The van der Waals surface area contributed by atoms with Crippen molar-refractivity contribution in [3.05, 3.63) is 28.1 Å². The minimum Gasteiger partial charge on any atom is -0.359 e. The van der Waals surface area contributed by atoms with Crippen LogP contribution in [0.1, 0.15) is 18.8 Å². The molecule has 2 heterocycles.